The van der Waals surface area contributed by atoms with Crippen LogP contribution in [0.2, 0.25) is 0 Å². The summed E-state index contributed by atoms with van der Waals surface area (Å²) in [6.45, 7) is 0.433. The van der Waals surface area contributed by atoms with Gasteiger partial charge in [0.1, 0.15) is 0 Å². The zero-order chi connectivity index (χ0) is 13.2. The van der Waals surface area contributed by atoms with Crippen LogP contribution in [0.25, 0.3) is 10.9 Å². The van der Waals surface area contributed by atoms with Crippen molar-refractivity contribution in [2.75, 3.05) is 0 Å². The molecule has 19 heavy (non-hydrogen) atoms. The van der Waals surface area contributed by atoms with Crippen molar-refractivity contribution in [2.24, 2.45) is 0 Å². The smallest absolute Gasteiger partial charge is 0.422 e. The molecule has 96 valence electrons. The number of aryl methyl sites for hydroxylation is 2. The molecule has 3 aromatic rings. The van der Waals surface area contributed by atoms with E-state index in [0.717, 1.165) is 5.56 Å². The molecule has 0 fully saturated rings. The van der Waals surface area contributed by atoms with Gasteiger partial charge in [0.2, 0.25) is 0 Å². The van der Waals surface area contributed by atoms with Crippen LogP contribution in [0.1, 0.15) is 5.56 Å². The Labute approximate surface area is 107 Å². The van der Waals surface area contributed by atoms with Crippen LogP contribution in [-0.2, 0) is 13.0 Å². The fraction of sp³-hybridized carbons (Fsp3) is 0.143. The first-order chi connectivity index (χ1) is 9.25. The van der Waals surface area contributed by atoms with E-state index in [2.05, 4.69) is 0 Å². The number of fused-ring (bicyclic) bond motifs is 1. The molecule has 3 rings (SSSR count). The van der Waals surface area contributed by atoms with Gasteiger partial charge in [-0.25, -0.2) is 9.59 Å². The van der Waals surface area contributed by atoms with Gasteiger partial charge < -0.3 is 8.83 Å². The summed E-state index contributed by atoms with van der Waals surface area (Å²) in [7, 11) is 0. The van der Waals surface area contributed by atoms with Gasteiger partial charge in [0.15, 0.2) is 0 Å². The molecule has 0 amide bonds. The maximum Gasteiger partial charge on any atom is 0.422 e. The third-order valence-corrected chi connectivity index (χ3v) is 3.02. The van der Waals surface area contributed by atoms with Crippen molar-refractivity contribution >= 4 is 10.9 Å². The minimum absolute atomic E-state index is 0.411. The number of para-hydroxylation sites is 1. The molecular weight excluding hydrogens is 246 g/mol. The third-order valence-electron chi connectivity index (χ3n) is 3.02. The van der Waals surface area contributed by atoms with E-state index in [4.69, 9.17) is 8.83 Å². The zero-order valence-corrected chi connectivity index (χ0v) is 10.0. The van der Waals surface area contributed by atoms with Gasteiger partial charge in [-0.2, -0.15) is 0 Å². The number of hydrogen-bond donors (Lipinski definition) is 0. The van der Waals surface area contributed by atoms with E-state index >= 15 is 0 Å². The van der Waals surface area contributed by atoms with Crippen LogP contribution in [0.15, 0.2) is 61.3 Å². The second-order valence-electron chi connectivity index (χ2n) is 4.21. The molecule has 0 bridgehead atoms. The summed E-state index contributed by atoms with van der Waals surface area (Å²) in [5.74, 6) is -0.632. The summed E-state index contributed by atoms with van der Waals surface area (Å²) >= 11 is 0. The van der Waals surface area contributed by atoms with Crippen LogP contribution in [0.5, 0.6) is 0 Å². The Kier molecular flexibility index (Phi) is 2.79. The van der Waals surface area contributed by atoms with Gasteiger partial charge in [0.25, 0.3) is 0 Å². The molecule has 2 aromatic heterocycles. The van der Waals surface area contributed by atoms with Crippen molar-refractivity contribution in [1.82, 2.24) is 4.57 Å². The first kappa shape index (κ1) is 11.5. The van der Waals surface area contributed by atoms with Gasteiger partial charge in [-0.3, -0.25) is 4.57 Å². The molecule has 0 atom stereocenters. The minimum Gasteiger partial charge on any atom is -0.472 e. The highest BCUT2D eigenvalue weighted by Crippen LogP contribution is 2.09. The summed E-state index contributed by atoms with van der Waals surface area (Å²) in [6, 6.07) is 8.75. The van der Waals surface area contributed by atoms with Gasteiger partial charge in [-0.1, -0.05) is 12.1 Å². The van der Waals surface area contributed by atoms with Crippen molar-refractivity contribution in [3.8, 4) is 0 Å². The fourth-order valence-corrected chi connectivity index (χ4v) is 2.06. The number of rotatable bonds is 3. The highest BCUT2D eigenvalue weighted by atomic mass is 16.4. The summed E-state index contributed by atoms with van der Waals surface area (Å²) < 4.78 is 11.2. The molecule has 5 heteroatoms. The fourth-order valence-electron chi connectivity index (χ4n) is 2.06. The second kappa shape index (κ2) is 4.61. The Morgan fingerprint density at radius 3 is 2.74 bits per heavy atom. The third kappa shape index (κ3) is 2.10. The lowest BCUT2D eigenvalue weighted by molar-refractivity contribution is 0.416. The summed E-state index contributed by atoms with van der Waals surface area (Å²) in [5, 5.41) is 0.411. The molecular formula is C14H11NO4. The Morgan fingerprint density at radius 2 is 1.95 bits per heavy atom. The van der Waals surface area contributed by atoms with Crippen LogP contribution < -0.4 is 11.4 Å². The summed E-state index contributed by atoms with van der Waals surface area (Å²) in [4.78, 5) is 23.4. The van der Waals surface area contributed by atoms with Gasteiger partial charge in [-0.05, 0) is 30.2 Å². The molecule has 0 aliphatic rings. The average Bonchev–Trinajstić information content (AvgIpc) is 2.92. The minimum atomic E-state index is -0.632. The lowest BCUT2D eigenvalue weighted by Gasteiger charge is -2.07. The van der Waals surface area contributed by atoms with Crippen molar-refractivity contribution < 1.29 is 8.83 Å². The number of nitrogens with zero attached hydrogens (tertiary/aromatic N) is 1. The first-order valence-corrected chi connectivity index (χ1v) is 5.89. The van der Waals surface area contributed by atoms with E-state index in [9.17, 15) is 9.59 Å². The normalized spacial score (nSPS) is 10.9. The summed E-state index contributed by atoms with van der Waals surface area (Å²) in [5.41, 5.74) is 0.981. The molecule has 1 aromatic carbocycles. The van der Waals surface area contributed by atoms with E-state index in [1.165, 1.54) is 4.57 Å². The molecule has 5 nitrogen and oxygen atoms in total. The molecule has 0 saturated heterocycles. The van der Waals surface area contributed by atoms with Gasteiger partial charge in [0.05, 0.1) is 23.4 Å². The van der Waals surface area contributed by atoms with E-state index in [0.29, 0.717) is 23.9 Å². The van der Waals surface area contributed by atoms with Crippen LogP contribution in [-0.4, -0.2) is 4.57 Å². The lowest BCUT2D eigenvalue weighted by Crippen LogP contribution is -2.25. The lowest BCUT2D eigenvalue weighted by atomic mass is 10.2. The molecule has 0 unspecified atom stereocenters. The summed E-state index contributed by atoms with van der Waals surface area (Å²) in [6.07, 6.45) is 3.85. The SMILES string of the molecule is O=c1oc(=O)n(CCc2ccoc2)c2ccccc12. The Bertz CT molecular complexity index is 811. The highest BCUT2D eigenvalue weighted by Gasteiger charge is 2.08. The zero-order valence-electron chi connectivity index (χ0n) is 10.0. The molecule has 0 aliphatic carbocycles. The van der Waals surface area contributed by atoms with E-state index in [-0.39, 0.29) is 0 Å². The van der Waals surface area contributed by atoms with Gasteiger partial charge in [-0.15, -0.1) is 0 Å². The molecule has 0 spiro atoms. The average molecular weight is 257 g/mol. The molecule has 0 saturated carbocycles. The van der Waals surface area contributed by atoms with Crippen LogP contribution in [0, 0.1) is 0 Å². The van der Waals surface area contributed by atoms with Crippen molar-refractivity contribution in [2.45, 2.75) is 13.0 Å². The first-order valence-electron chi connectivity index (χ1n) is 5.89. The predicted octanol–water partition coefficient (Wildman–Crippen LogP) is 1.79. The molecule has 0 N–H and O–H groups in total. The number of furan rings is 1. The van der Waals surface area contributed by atoms with E-state index < -0.39 is 11.4 Å². The Balaban J connectivity index is 2.07. The maximum absolute atomic E-state index is 11.8. The maximum atomic E-state index is 11.8. The quantitative estimate of drug-likeness (QED) is 0.717. The number of aromatic nitrogens is 1. The molecule has 0 radical (unpaired) electrons. The topological polar surface area (TPSA) is 65.3 Å². The largest absolute Gasteiger partial charge is 0.472 e. The van der Waals surface area contributed by atoms with Gasteiger partial charge >= 0.3 is 11.4 Å². The standard InChI is InChI=1S/C14H11NO4/c16-13-11-3-1-2-4-12(11)15(14(17)19-13)7-5-10-6-8-18-9-10/h1-4,6,8-9H,5,7H2. The predicted molar refractivity (Wildman–Crippen MR) is 69.2 cm³/mol. The Hall–Kier alpha value is -2.56. The van der Waals surface area contributed by atoms with Crippen LogP contribution in [0.4, 0.5) is 0 Å². The van der Waals surface area contributed by atoms with E-state index in [1.54, 1.807) is 36.8 Å². The monoisotopic (exact) mass is 257 g/mol. The Morgan fingerprint density at radius 1 is 1.11 bits per heavy atom. The van der Waals surface area contributed by atoms with Crippen LogP contribution >= 0.6 is 0 Å². The molecule has 2 heterocycles. The number of hydrogen-bond acceptors (Lipinski definition) is 4. The van der Waals surface area contributed by atoms with Crippen molar-refractivity contribution in [3.63, 3.8) is 0 Å². The number of benzene rings is 1. The van der Waals surface area contributed by atoms with Crippen LogP contribution in [0.3, 0.4) is 0 Å². The highest BCUT2D eigenvalue weighted by molar-refractivity contribution is 5.77. The molecule has 0 aliphatic heterocycles. The second-order valence-corrected chi connectivity index (χ2v) is 4.21. The van der Waals surface area contributed by atoms with Gasteiger partial charge in [0, 0.05) is 6.54 Å². The van der Waals surface area contributed by atoms with Crippen molar-refractivity contribution in [1.29, 1.82) is 0 Å². The van der Waals surface area contributed by atoms with Crippen molar-refractivity contribution in [3.05, 3.63) is 69.4 Å². The van der Waals surface area contributed by atoms with E-state index in [1.807, 2.05) is 6.07 Å².